The Balaban J connectivity index is 1.18. The number of hydrogen-bond donors (Lipinski definition) is 0. The summed E-state index contributed by atoms with van der Waals surface area (Å²) < 4.78 is 16.0. The van der Waals surface area contributed by atoms with Crippen LogP contribution in [0.2, 0.25) is 0 Å². The van der Waals surface area contributed by atoms with Crippen LogP contribution < -0.4 is 9.47 Å². The predicted molar refractivity (Wildman–Crippen MR) is 101 cm³/mol. The third-order valence-corrected chi connectivity index (χ3v) is 5.03. The predicted octanol–water partition coefficient (Wildman–Crippen LogP) is 1.82. The molecule has 9 heteroatoms. The lowest BCUT2D eigenvalue weighted by Gasteiger charge is -2.34. The van der Waals surface area contributed by atoms with E-state index in [1.807, 2.05) is 24.3 Å². The minimum atomic E-state index is -0.240. The summed E-state index contributed by atoms with van der Waals surface area (Å²) in [4.78, 5) is 25.0. The summed E-state index contributed by atoms with van der Waals surface area (Å²) in [5.41, 5.74) is 1.87. The monoisotopic (exact) mass is 393 g/mol. The molecule has 3 aromatic rings. The van der Waals surface area contributed by atoms with Crippen molar-refractivity contribution < 1.29 is 18.8 Å². The second-order valence-corrected chi connectivity index (χ2v) is 6.92. The van der Waals surface area contributed by atoms with Gasteiger partial charge >= 0.3 is 11.8 Å². The van der Waals surface area contributed by atoms with E-state index >= 15 is 0 Å². The molecule has 29 heavy (non-hydrogen) atoms. The first-order chi connectivity index (χ1) is 14.3. The second kappa shape index (κ2) is 7.51. The van der Waals surface area contributed by atoms with Crippen LogP contribution in [-0.2, 0) is 6.54 Å². The van der Waals surface area contributed by atoms with E-state index < -0.39 is 0 Å². The molecule has 2 aliphatic heterocycles. The van der Waals surface area contributed by atoms with E-state index in [9.17, 15) is 4.79 Å². The Kier molecular flexibility index (Phi) is 4.57. The molecule has 0 radical (unpaired) electrons. The lowest BCUT2D eigenvalue weighted by molar-refractivity contribution is 0.0581. The number of carbonyl (C=O) groups excluding carboxylic acids is 1. The molecule has 4 heterocycles. The van der Waals surface area contributed by atoms with E-state index in [0.29, 0.717) is 24.5 Å². The number of fused-ring (bicyclic) bond motifs is 1. The summed E-state index contributed by atoms with van der Waals surface area (Å²) in [5.74, 6) is 1.71. The Labute approximate surface area is 166 Å². The number of nitrogens with zero attached hydrogens (tertiary/aromatic N) is 5. The maximum Gasteiger partial charge on any atom is 0.316 e. The zero-order valence-electron chi connectivity index (χ0n) is 15.7. The van der Waals surface area contributed by atoms with Crippen LogP contribution in [0.1, 0.15) is 16.2 Å². The van der Waals surface area contributed by atoms with Crippen molar-refractivity contribution in [2.75, 3.05) is 33.0 Å². The smallest absolute Gasteiger partial charge is 0.316 e. The van der Waals surface area contributed by atoms with Crippen molar-refractivity contribution in [1.82, 2.24) is 24.9 Å². The molecule has 9 nitrogen and oxygen atoms in total. The molecule has 0 atom stereocenters. The van der Waals surface area contributed by atoms with Crippen molar-refractivity contribution in [3.63, 3.8) is 0 Å². The zero-order valence-corrected chi connectivity index (χ0v) is 15.7. The molecule has 0 N–H and O–H groups in total. The van der Waals surface area contributed by atoms with Gasteiger partial charge in [-0.05, 0) is 29.8 Å². The normalized spacial score (nSPS) is 16.2. The fourth-order valence-corrected chi connectivity index (χ4v) is 3.46. The quantitative estimate of drug-likeness (QED) is 0.663. The highest BCUT2D eigenvalue weighted by Gasteiger charge is 2.27. The first-order valence-electron chi connectivity index (χ1n) is 9.40. The van der Waals surface area contributed by atoms with Gasteiger partial charge in [-0.2, -0.15) is 4.98 Å². The van der Waals surface area contributed by atoms with Crippen LogP contribution in [0.15, 0.2) is 47.2 Å². The number of piperazine rings is 1. The number of pyridine rings is 1. The molecule has 0 unspecified atom stereocenters. The van der Waals surface area contributed by atoms with Gasteiger partial charge in [0.2, 0.25) is 12.6 Å². The molecule has 0 bridgehead atoms. The van der Waals surface area contributed by atoms with E-state index in [4.69, 9.17) is 14.0 Å². The molecule has 2 aliphatic rings. The average Bonchev–Trinajstić information content (AvgIpc) is 3.44. The number of rotatable bonds is 4. The van der Waals surface area contributed by atoms with Gasteiger partial charge in [-0.15, -0.1) is 0 Å². The molecule has 0 spiro atoms. The van der Waals surface area contributed by atoms with Gasteiger partial charge in [0.15, 0.2) is 11.5 Å². The molecular formula is C20H19N5O4. The number of carbonyl (C=O) groups is 1. The lowest BCUT2D eigenvalue weighted by Crippen LogP contribution is -2.48. The number of hydrogen-bond acceptors (Lipinski definition) is 8. The van der Waals surface area contributed by atoms with E-state index in [-0.39, 0.29) is 18.6 Å². The first-order valence-corrected chi connectivity index (χ1v) is 9.40. The topological polar surface area (TPSA) is 93.8 Å². The molecule has 5 rings (SSSR count). The van der Waals surface area contributed by atoms with Gasteiger partial charge in [-0.3, -0.25) is 14.7 Å². The summed E-state index contributed by atoms with van der Waals surface area (Å²) in [6.07, 6.45) is 3.30. The highest BCUT2D eigenvalue weighted by atomic mass is 16.7. The number of benzene rings is 1. The van der Waals surface area contributed by atoms with Crippen molar-refractivity contribution in [2.45, 2.75) is 6.54 Å². The van der Waals surface area contributed by atoms with Gasteiger partial charge in [0.1, 0.15) is 0 Å². The highest BCUT2D eigenvalue weighted by molar-refractivity contribution is 5.90. The van der Waals surface area contributed by atoms with Gasteiger partial charge in [0.25, 0.3) is 0 Å². The van der Waals surface area contributed by atoms with Gasteiger partial charge < -0.3 is 18.9 Å². The minimum Gasteiger partial charge on any atom is -0.454 e. The van der Waals surface area contributed by atoms with Gasteiger partial charge in [-0.1, -0.05) is 11.2 Å². The molecule has 1 aromatic carbocycles. The van der Waals surface area contributed by atoms with Crippen molar-refractivity contribution in [1.29, 1.82) is 0 Å². The molecule has 1 amide bonds. The Morgan fingerprint density at radius 1 is 1.07 bits per heavy atom. The van der Waals surface area contributed by atoms with Crippen LogP contribution in [-0.4, -0.2) is 63.8 Å². The number of aromatic nitrogens is 3. The summed E-state index contributed by atoms with van der Waals surface area (Å²) in [5, 5.41) is 3.90. The number of ether oxygens (including phenoxy) is 2. The van der Waals surface area contributed by atoms with Crippen molar-refractivity contribution >= 4 is 5.91 Å². The second-order valence-electron chi connectivity index (χ2n) is 6.92. The van der Waals surface area contributed by atoms with E-state index in [1.165, 1.54) is 0 Å². The van der Waals surface area contributed by atoms with Gasteiger partial charge in [-0.25, -0.2) is 0 Å². The van der Waals surface area contributed by atoms with Crippen molar-refractivity contribution in [3.05, 3.63) is 54.2 Å². The van der Waals surface area contributed by atoms with Crippen molar-refractivity contribution in [3.8, 4) is 22.9 Å². The zero-order chi connectivity index (χ0) is 19.6. The largest absolute Gasteiger partial charge is 0.454 e. The van der Waals surface area contributed by atoms with Crippen LogP contribution in [0.5, 0.6) is 11.5 Å². The fourth-order valence-electron chi connectivity index (χ4n) is 3.46. The first kappa shape index (κ1) is 17.6. The molecule has 148 valence electrons. The van der Waals surface area contributed by atoms with Gasteiger partial charge in [0.05, 0.1) is 0 Å². The van der Waals surface area contributed by atoms with Crippen molar-refractivity contribution in [2.24, 2.45) is 0 Å². The van der Waals surface area contributed by atoms with E-state index in [0.717, 1.165) is 36.7 Å². The summed E-state index contributed by atoms with van der Waals surface area (Å²) in [7, 11) is 0. The highest BCUT2D eigenvalue weighted by Crippen LogP contribution is 2.32. The Bertz CT molecular complexity index is 1010. The fraction of sp³-hybridized carbons (Fsp3) is 0.300. The summed E-state index contributed by atoms with van der Waals surface area (Å²) in [6.45, 7) is 3.82. The van der Waals surface area contributed by atoms with Gasteiger partial charge in [0, 0.05) is 50.7 Å². The lowest BCUT2D eigenvalue weighted by atomic mass is 10.1. The van der Waals surface area contributed by atoms with Crippen LogP contribution in [0, 0.1) is 0 Å². The molecule has 1 fully saturated rings. The van der Waals surface area contributed by atoms with Crippen LogP contribution >= 0.6 is 0 Å². The summed E-state index contributed by atoms with van der Waals surface area (Å²) >= 11 is 0. The average molecular weight is 393 g/mol. The minimum absolute atomic E-state index is 0.00748. The standard InChI is InChI=1S/C20H19N5O4/c26-20(19-22-18(23-29-19)15-2-1-5-21-11-15)25-8-6-24(7-9-25)12-14-3-4-16-17(10-14)28-13-27-16/h1-5,10-11H,6-9,12-13H2. The van der Waals surface area contributed by atoms with Crippen LogP contribution in [0.25, 0.3) is 11.4 Å². The maximum absolute atomic E-state index is 12.7. The van der Waals surface area contributed by atoms with Crippen LogP contribution in [0.4, 0.5) is 0 Å². The molecular weight excluding hydrogens is 374 g/mol. The van der Waals surface area contributed by atoms with E-state index in [1.54, 1.807) is 23.4 Å². The third-order valence-electron chi connectivity index (χ3n) is 5.03. The Morgan fingerprint density at radius 3 is 2.76 bits per heavy atom. The molecule has 1 saturated heterocycles. The Morgan fingerprint density at radius 2 is 1.93 bits per heavy atom. The Hall–Kier alpha value is -3.46. The van der Waals surface area contributed by atoms with E-state index in [2.05, 4.69) is 20.0 Å². The number of amides is 1. The maximum atomic E-state index is 12.7. The molecule has 0 aliphatic carbocycles. The third kappa shape index (κ3) is 3.64. The van der Waals surface area contributed by atoms with Crippen LogP contribution in [0.3, 0.4) is 0 Å². The molecule has 0 saturated carbocycles. The molecule has 2 aromatic heterocycles. The summed E-state index contributed by atoms with van der Waals surface area (Å²) in [6, 6.07) is 9.60. The SMILES string of the molecule is O=C(c1nc(-c2cccnc2)no1)N1CCN(Cc2ccc3c(c2)OCO3)CC1.